The zero-order valence-corrected chi connectivity index (χ0v) is 13.9. The Kier molecular flexibility index (Phi) is 6.50. The molecule has 0 fully saturated rings. The van der Waals surface area contributed by atoms with Crippen molar-refractivity contribution >= 4 is 29.2 Å². The number of ketones is 1. The molecule has 1 N–H and O–H groups in total. The summed E-state index contributed by atoms with van der Waals surface area (Å²) in [5.41, 5.74) is -0.0735. The summed E-state index contributed by atoms with van der Waals surface area (Å²) in [5, 5.41) is 13.1. The van der Waals surface area contributed by atoms with Gasteiger partial charge < -0.3 is 10.1 Å². The number of carbonyl (C=O) groups excluding carboxylic acids is 2. The second kappa shape index (κ2) is 7.92. The van der Waals surface area contributed by atoms with Gasteiger partial charge in [-0.1, -0.05) is 12.1 Å². The van der Waals surface area contributed by atoms with Gasteiger partial charge in [-0.2, -0.15) is 0 Å². The van der Waals surface area contributed by atoms with Crippen molar-refractivity contribution in [2.24, 2.45) is 0 Å². The maximum Gasteiger partial charge on any atom is 0.408 e. The molecule has 8 heteroatoms. The van der Waals surface area contributed by atoms with Gasteiger partial charge in [0.25, 0.3) is 5.69 Å². The first-order valence-electron chi connectivity index (χ1n) is 6.94. The van der Waals surface area contributed by atoms with Gasteiger partial charge in [0.1, 0.15) is 5.60 Å². The molecule has 0 aliphatic heterocycles. The van der Waals surface area contributed by atoms with Crippen molar-refractivity contribution in [1.82, 2.24) is 5.32 Å². The molecule has 0 radical (unpaired) electrons. The monoisotopic (exact) mass is 342 g/mol. The van der Waals surface area contributed by atoms with E-state index in [0.717, 1.165) is 0 Å². The summed E-state index contributed by atoms with van der Waals surface area (Å²) in [5.74, 6) is -0.621. The Morgan fingerprint density at radius 3 is 2.30 bits per heavy atom. The second-order valence-corrected chi connectivity index (χ2v) is 6.19. The Morgan fingerprint density at radius 2 is 1.87 bits per heavy atom. The van der Waals surface area contributed by atoms with Crippen LogP contribution in [0.5, 0.6) is 0 Å². The van der Waals surface area contributed by atoms with Crippen LogP contribution in [0.25, 0.3) is 0 Å². The van der Waals surface area contributed by atoms with Crippen LogP contribution in [0, 0.1) is 10.1 Å². The lowest BCUT2D eigenvalue weighted by atomic mass is 10.0. The molecule has 1 aromatic carbocycles. The molecule has 1 unspecified atom stereocenters. The predicted molar refractivity (Wildman–Crippen MR) is 85.7 cm³/mol. The third-order valence-electron chi connectivity index (χ3n) is 2.80. The SMILES string of the molecule is CC(C)(C)OC(=O)NC(Cc1ccc([N+](=O)[O-])cc1)C(=O)CCl. The number of ether oxygens (including phenoxy) is 1. The van der Waals surface area contributed by atoms with Gasteiger partial charge in [-0.15, -0.1) is 11.6 Å². The predicted octanol–water partition coefficient (Wildman–Crippen LogP) is 2.84. The molecule has 0 heterocycles. The zero-order chi connectivity index (χ0) is 17.6. The number of alkyl halides is 1. The molecule has 1 rings (SSSR count). The highest BCUT2D eigenvalue weighted by Crippen LogP contribution is 2.14. The highest BCUT2D eigenvalue weighted by molar-refractivity contribution is 6.28. The summed E-state index contributed by atoms with van der Waals surface area (Å²) in [4.78, 5) is 33.8. The molecule has 0 aliphatic rings. The molecule has 0 aliphatic carbocycles. The Hall–Kier alpha value is -2.15. The molecule has 7 nitrogen and oxygen atoms in total. The number of hydrogen-bond acceptors (Lipinski definition) is 5. The maximum atomic E-state index is 11.9. The van der Waals surface area contributed by atoms with Crippen molar-refractivity contribution in [3.05, 3.63) is 39.9 Å². The zero-order valence-electron chi connectivity index (χ0n) is 13.2. The van der Waals surface area contributed by atoms with Crippen LogP contribution in [0.3, 0.4) is 0 Å². The highest BCUT2D eigenvalue weighted by atomic mass is 35.5. The van der Waals surface area contributed by atoms with Gasteiger partial charge in [0.05, 0.1) is 16.8 Å². The summed E-state index contributed by atoms with van der Waals surface area (Å²) in [6.45, 7) is 5.13. The average Bonchev–Trinajstić information content (AvgIpc) is 2.44. The third-order valence-corrected chi connectivity index (χ3v) is 3.06. The fraction of sp³-hybridized carbons (Fsp3) is 0.467. The first-order chi connectivity index (χ1) is 10.6. The second-order valence-electron chi connectivity index (χ2n) is 5.93. The van der Waals surface area contributed by atoms with Crippen LogP contribution in [0.4, 0.5) is 10.5 Å². The standard InChI is InChI=1S/C15H19ClN2O5/c1-15(2,3)23-14(20)17-12(13(19)9-16)8-10-4-6-11(7-5-10)18(21)22/h4-7,12H,8-9H2,1-3H3,(H,17,20). The Labute approximate surface area is 139 Å². The fourth-order valence-electron chi connectivity index (χ4n) is 1.78. The van der Waals surface area contributed by atoms with Gasteiger partial charge in [0, 0.05) is 12.1 Å². The van der Waals surface area contributed by atoms with E-state index in [1.165, 1.54) is 24.3 Å². The molecule has 1 aromatic rings. The lowest BCUT2D eigenvalue weighted by Crippen LogP contribution is -2.45. The van der Waals surface area contributed by atoms with Gasteiger partial charge >= 0.3 is 6.09 Å². The normalized spacial score (nSPS) is 12.3. The summed E-state index contributed by atoms with van der Waals surface area (Å²) < 4.78 is 5.12. The number of nitro benzene ring substituents is 1. The molecule has 0 spiro atoms. The number of halogens is 1. The highest BCUT2D eigenvalue weighted by Gasteiger charge is 2.24. The maximum absolute atomic E-state index is 11.9. The van der Waals surface area contributed by atoms with Crippen molar-refractivity contribution < 1.29 is 19.2 Å². The summed E-state index contributed by atoms with van der Waals surface area (Å²) in [6.07, 6.45) is -0.550. The van der Waals surface area contributed by atoms with E-state index in [0.29, 0.717) is 5.56 Å². The van der Waals surface area contributed by atoms with Gasteiger partial charge in [-0.25, -0.2) is 4.79 Å². The van der Waals surface area contributed by atoms with Crippen molar-refractivity contribution in [1.29, 1.82) is 0 Å². The summed E-state index contributed by atoms with van der Waals surface area (Å²) >= 11 is 5.57. The number of Topliss-reactive ketones (excluding diaryl/α,β-unsaturated/α-hetero) is 1. The van der Waals surface area contributed by atoms with Crippen molar-refractivity contribution in [2.75, 3.05) is 5.88 Å². The Bertz CT molecular complexity index is 581. The minimum absolute atomic E-state index is 0.0472. The van der Waals surface area contributed by atoms with Gasteiger partial charge in [0.15, 0.2) is 5.78 Å². The van der Waals surface area contributed by atoms with Crippen LogP contribution in [0.2, 0.25) is 0 Å². The number of alkyl carbamates (subject to hydrolysis) is 1. The summed E-state index contributed by atoms with van der Waals surface area (Å²) in [7, 11) is 0. The lowest BCUT2D eigenvalue weighted by molar-refractivity contribution is -0.384. The molecule has 0 aromatic heterocycles. The van der Waals surface area contributed by atoms with E-state index in [9.17, 15) is 19.7 Å². The number of nitro groups is 1. The van der Waals surface area contributed by atoms with Gasteiger partial charge in [0.2, 0.25) is 0 Å². The number of carbonyl (C=O) groups is 2. The molecular weight excluding hydrogens is 324 g/mol. The van der Waals surface area contributed by atoms with Gasteiger partial charge in [-0.05, 0) is 32.8 Å². The van der Waals surface area contributed by atoms with Crippen molar-refractivity contribution in [2.45, 2.75) is 38.8 Å². The van der Waals surface area contributed by atoms with E-state index in [-0.39, 0.29) is 23.8 Å². The van der Waals surface area contributed by atoms with E-state index in [1.807, 2.05) is 0 Å². The van der Waals surface area contributed by atoms with E-state index < -0.39 is 22.7 Å². The van der Waals surface area contributed by atoms with E-state index in [4.69, 9.17) is 16.3 Å². The van der Waals surface area contributed by atoms with Crippen molar-refractivity contribution in [3.8, 4) is 0 Å². The molecule has 0 bridgehead atoms. The molecule has 1 atom stereocenters. The van der Waals surface area contributed by atoms with E-state index in [2.05, 4.69) is 5.32 Å². The molecular formula is C15H19ClN2O5. The molecule has 23 heavy (non-hydrogen) atoms. The lowest BCUT2D eigenvalue weighted by Gasteiger charge is -2.22. The number of hydrogen-bond donors (Lipinski definition) is 1. The van der Waals surface area contributed by atoms with Crippen LogP contribution in [-0.4, -0.2) is 34.3 Å². The number of rotatable bonds is 6. The third kappa shape index (κ3) is 6.65. The minimum atomic E-state index is -0.858. The van der Waals surface area contributed by atoms with Crippen LogP contribution >= 0.6 is 11.6 Å². The minimum Gasteiger partial charge on any atom is -0.444 e. The average molecular weight is 343 g/mol. The Balaban J connectivity index is 2.80. The molecule has 0 saturated heterocycles. The van der Waals surface area contributed by atoms with Crippen LogP contribution < -0.4 is 5.32 Å². The van der Waals surface area contributed by atoms with Gasteiger partial charge in [-0.3, -0.25) is 14.9 Å². The largest absolute Gasteiger partial charge is 0.444 e. The Morgan fingerprint density at radius 1 is 1.30 bits per heavy atom. The first-order valence-corrected chi connectivity index (χ1v) is 7.47. The fourth-order valence-corrected chi connectivity index (χ4v) is 1.96. The number of nitrogens with one attached hydrogen (secondary N) is 1. The summed E-state index contributed by atoms with van der Waals surface area (Å²) in [6, 6.07) is 4.88. The van der Waals surface area contributed by atoms with E-state index >= 15 is 0 Å². The van der Waals surface area contributed by atoms with Crippen molar-refractivity contribution in [3.63, 3.8) is 0 Å². The van der Waals surface area contributed by atoms with E-state index in [1.54, 1.807) is 20.8 Å². The first kappa shape index (κ1) is 18.9. The van der Waals surface area contributed by atoms with Crippen LogP contribution in [-0.2, 0) is 16.0 Å². The number of amides is 1. The quantitative estimate of drug-likeness (QED) is 0.487. The topological polar surface area (TPSA) is 98.5 Å². The number of nitrogens with zero attached hydrogens (tertiary/aromatic N) is 1. The molecule has 1 amide bonds. The number of non-ortho nitro benzene ring substituents is 1. The number of benzene rings is 1. The van der Waals surface area contributed by atoms with Crippen LogP contribution in [0.1, 0.15) is 26.3 Å². The smallest absolute Gasteiger partial charge is 0.408 e. The molecule has 0 saturated carbocycles. The van der Waals surface area contributed by atoms with Crippen LogP contribution in [0.15, 0.2) is 24.3 Å². The molecule has 126 valence electrons.